The Hall–Kier alpha value is -0.410. The van der Waals surface area contributed by atoms with Gasteiger partial charge in [-0.15, -0.1) is 0 Å². The maximum atomic E-state index is 13.2. The maximum Gasteiger partial charge on any atom is 0.156 e. The van der Waals surface area contributed by atoms with Gasteiger partial charge in [-0.05, 0) is 52.6 Å². The van der Waals surface area contributed by atoms with Gasteiger partial charge in [-0.2, -0.15) is 0 Å². The highest BCUT2D eigenvalue weighted by atomic mass is 16.5. The number of hydrogen-bond acceptors (Lipinski definition) is 3. The van der Waals surface area contributed by atoms with E-state index in [1.807, 2.05) is 0 Å². The smallest absolute Gasteiger partial charge is 0.156 e. The Kier molecular flexibility index (Phi) is 3.93. The molecule has 1 aliphatic heterocycles. The van der Waals surface area contributed by atoms with Crippen LogP contribution in [0, 0.1) is 5.92 Å². The average Bonchev–Trinajstić information content (AvgIpc) is 3.08. The summed E-state index contributed by atoms with van der Waals surface area (Å²) in [6.07, 6.45) is 11.4. The third-order valence-corrected chi connectivity index (χ3v) is 6.12. The van der Waals surface area contributed by atoms with Gasteiger partial charge in [0, 0.05) is 12.5 Å². The van der Waals surface area contributed by atoms with E-state index in [0.717, 1.165) is 32.3 Å². The molecule has 20 heavy (non-hydrogen) atoms. The summed E-state index contributed by atoms with van der Waals surface area (Å²) in [4.78, 5) is 15.4. The molecule has 0 aromatic carbocycles. The molecular formula is C17H29NO2. The molecule has 3 rings (SSSR count). The minimum Gasteiger partial charge on any atom is -0.375 e. The lowest BCUT2D eigenvalue weighted by molar-refractivity contribution is -0.146. The van der Waals surface area contributed by atoms with Crippen LogP contribution in [0.15, 0.2) is 0 Å². The monoisotopic (exact) mass is 279 g/mol. The molecule has 3 fully saturated rings. The van der Waals surface area contributed by atoms with Gasteiger partial charge in [-0.3, -0.25) is 9.69 Å². The number of nitrogens with zero attached hydrogens (tertiary/aromatic N) is 1. The molecule has 1 atom stereocenters. The molecule has 2 saturated carbocycles. The van der Waals surface area contributed by atoms with Crippen LogP contribution in [0.25, 0.3) is 0 Å². The second kappa shape index (κ2) is 5.42. The van der Waals surface area contributed by atoms with Crippen LogP contribution in [0.5, 0.6) is 0 Å². The van der Waals surface area contributed by atoms with Gasteiger partial charge >= 0.3 is 0 Å². The molecule has 1 unspecified atom stereocenters. The standard InChI is InChI=1S/C17H29NO2/c1-18(2)17(10-5-6-11-17)15(19)14-7-12-20-16(13-14)8-3-4-9-16/h14H,3-13H2,1-2H3. The molecule has 3 nitrogen and oxygen atoms in total. The quantitative estimate of drug-likeness (QED) is 0.794. The minimum absolute atomic E-state index is 0.0602. The molecule has 0 amide bonds. The largest absolute Gasteiger partial charge is 0.375 e. The first kappa shape index (κ1) is 14.5. The van der Waals surface area contributed by atoms with Gasteiger partial charge in [0.1, 0.15) is 0 Å². The summed E-state index contributed by atoms with van der Waals surface area (Å²) in [5.41, 5.74) is -0.105. The highest BCUT2D eigenvalue weighted by Crippen LogP contribution is 2.45. The maximum absolute atomic E-state index is 13.2. The highest BCUT2D eigenvalue weighted by molar-refractivity contribution is 5.91. The first-order valence-electron chi connectivity index (χ1n) is 8.44. The lowest BCUT2D eigenvalue weighted by Gasteiger charge is -2.43. The summed E-state index contributed by atoms with van der Waals surface area (Å²) in [5.74, 6) is 0.761. The number of ether oxygens (including phenoxy) is 1. The fraction of sp³-hybridized carbons (Fsp3) is 0.941. The van der Waals surface area contributed by atoms with Crippen LogP contribution in [0.2, 0.25) is 0 Å². The van der Waals surface area contributed by atoms with Crippen molar-refractivity contribution in [2.45, 2.75) is 75.3 Å². The van der Waals surface area contributed by atoms with Crippen molar-refractivity contribution in [2.75, 3.05) is 20.7 Å². The van der Waals surface area contributed by atoms with Gasteiger partial charge < -0.3 is 4.74 Å². The van der Waals surface area contributed by atoms with Crippen LogP contribution in [-0.4, -0.2) is 42.5 Å². The van der Waals surface area contributed by atoms with Crippen molar-refractivity contribution in [3.8, 4) is 0 Å². The predicted molar refractivity (Wildman–Crippen MR) is 79.8 cm³/mol. The Labute approximate surface area is 123 Å². The second-order valence-corrected chi connectivity index (χ2v) is 7.43. The molecule has 0 radical (unpaired) electrons. The van der Waals surface area contributed by atoms with E-state index in [1.165, 1.54) is 38.5 Å². The number of Topliss-reactive ketones (excluding diaryl/α,β-unsaturated/α-hetero) is 1. The molecule has 1 heterocycles. The summed E-state index contributed by atoms with van der Waals surface area (Å²) >= 11 is 0. The first-order chi connectivity index (χ1) is 9.58. The molecule has 1 saturated heterocycles. The van der Waals surface area contributed by atoms with E-state index >= 15 is 0 Å². The van der Waals surface area contributed by atoms with Gasteiger partial charge in [0.2, 0.25) is 0 Å². The van der Waals surface area contributed by atoms with Crippen molar-refractivity contribution in [3.05, 3.63) is 0 Å². The summed E-state index contributed by atoms with van der Waals surface area (Å²) < 4.78 is 6.10. The van der Waals surface area contributed by atoms with Crippen LogP contribution in [0.3, 0.4) is 0 Å². The van der Waals surface area contributed by atoms with Crippen LogP contribution < -0.4 is 0 Å². The fourth-order valence-electron chi connectivity index (χ4n) is 4.87. The molecule has 0 aromatic heterocycles. The van der Waals surface area contributed by atoms with Gasteiger partial charge in [-0.25, -0.2) is 0 Å². The molecule has 114 valence electrons. The van der Waals surface area contributed by atoms with E-state index in [-0.39, 0.29) is 17.1 Å². The SMILES string of the molecule is CN(C)C1(C(=O)C2CCOC3(CCCC3)C2)CCCC1. The van der Waals surface area contributed by atoms with E-state index in [4.69, 9.17) is 4.74 Å². The normalized spacial score (nSPS) is 32.0. The zero-order valence-corrected chi connectivity index (χ0v) is 13.1. The number of hydrogen-bond donors (Lipinski definition) is 0. The second-order valence-electron chi connectivity index (χ2n) is 7.43. The van der Waals surface area contributed by atoms with Crippen LogP contribution >= 0.6 is 0 Å². The van der Waals surface area contributed by atoms with Gasteiger partial charge in [0.05, 0.1) is 11.1 Å². The Morgan fingerprint density at radius 2 is 1.65 bits per heavy atom. The number of likely N-dealkylation sites (N-methyl/N-ethyl adjacent to an activating group) is 1. The molecule has 0 bridgehead atoms. The van der Waals surface area contributed by atoms with E-state index in [2.05, 4.69) is 19.0 Å². The Bertz CT molecular complexity index is 365. The van der Waals surface area contributed by atoms with Crippen LogP contribution in [0.1, 0.15) is 64.2 Å². The lowest BCUT2D eigenvalue weighted by Crippen LogP contribution is -2.54. The van der Waals surface area contributed by atoms with E-state index in [9.17, 15) is 4.79 Å². The van der Waals surface area contributed by atoms with Gasteiger partial charge in [0.25, 0.3) is 0 Å². The third-order valence-electron chi connectivity index (χ3n) is 6.12. The van der Waals surface area contributed by atoms with Crippen LogP contribution in [-0.2, 0) is 9.53 Å². The zero-order valence-electron chi connectivity index (χ0n) is 13.1. The average molecular weight is 279 g/mol. The lowest BCUT2D eigenvalue weighted by atomic mass is 9.75. The summed E-state index contributed by atoms with van der Waals surface area (Å²) in [6.45, 7) is 0.792. The Balaban J connectivity index is 1.76. The first-order valence-corrected chi connectivity index (χ1v) is 8.44. The molecule has 1 spiro atoms. The highest BCUT2D eigenvalue weighted by Gasteiger charge is 2.49. The molecule has 3 aliphatic rings. The number of carbonyl (C=O) groups is 1. The van der Waals surface area contributed by atoms with E-state index < -0.39 is 0 Å². The summed E-state index contributed by atoms with van der Waals surface area (Å²) in [7, 11) is 4.18. The van der Waals surface area contributed by atoms with Crippen LogP contribution in [0.4, 0.5) is 0 Å². The van der Waals surface area contributed by atoms with Gasteiger partial charge in [-0.1, -0.05) is 25.7 Å². The molecule has 3 heteroatoms. The minimum atomic E-state index is -0.165. The van der Waals surface area contributed by atoms with Gasteiger partial charge in [0.15, 0.2) is 5.78 Å². The molecule has 0 N–H and O–H groups in total. The Morgan fingerprint density at radius 3 is 2.25 bits per heavy atom. The molecule has 2 aliphatic carbocycles. The molecular weight excluding hydrogens is 250 g/mol. The zero-order chi connectivity index (χ0) is 14.2. The molecule has 0 aromatic rings. The van der Waals surface area contributed by atoms with Crippen molar-refractivity contribution in [1.29, 1.82) is 0 Å². The predicted octanol–water partition coefficient (Wildman–Crippen LogP) is 3.17. The van der Waals surface area contributed by atoms with E-state index in [1.54, 1.807) is 0 Å². The fourth-order valence-corrected chi connectivity index (χ4v) is 4.87. The summed E-state index contributed by atoms with van der Waals surface area (Å²) in [5, 5.41) is 0. The third kappa shape index (κ3) is 2.33. The number of rotatable bonds is 3. The number of carbonyl (C=O) groups excluding carboxylic acids is 1. The van der Waals surface area contributed by atoms with Crippen molar-refractivity contribution in [1.82, 2.24) is 4.90 Å². The Morgan fingerprint density at radius 1 is 1.05 bits per heavy atom. The van der Waals surface area contributed by atoms with E-state index in [0.29, 0.717) is 5.78 Å². The van der Waals surface area contributed by atoms with Crippen molar-refractivity contribution >= 4 is 5.78 Å². The number of ketones is 1. The van der Waals surface area contributed by atoms with Crippen molar-refractivity contribution in [2.24, 2.45) is 5.92 Å². The van der Waals surface area contributed by atoms with Crippen molar-refractivity contribution in [3.63, 3.8) is 0 Å². The topological polar surface area (TPSA) is 29.5 Å². The van der Waals surface area contributed by atoms with Crippen molar-refractivity contribution < 1.29 is 9.53 Å². The summed E-state index contributed by atoms with van der Waals surface area (Å²) in [6, 6.07) is 0.